The van der Waals surface area contributed by atoms with Crippen LogP contribution in [0.4, 0.5) is 0 Å². The summed E-state index contributed by atoms with van der Waals surface area (Å²) in [6.07, 6.45) is 4.21. The van der Waals surface area contributed by atoms with Crippen LogP contribution in [0.15, 0.2) is 48.8 Å². The van der Waals surface area contributed by atoms with Crippen LogP contribution in [-0.4, -0.2) is 28.0 Å². The Labute approximate surface area is 153 Å². The molecule has 0 aliphatic heterocycles. The minimum atomic E-state index is -1.01. The minimum absolute atomic E-state index is 0.101. The largest absolute Gasteiger partial charge is 0.489 e. The van der Waals surface area contributed by atoms with Crippen LogP contribution >= 0.6 is 0 Å². The van der Waals surface area contributed by atoms with Crippen LogP contribution in [0, 0.1) is 5.92 Å². The number of ether oxygens (including phenoxy) is 1. The van der Waals surface area contributed by atoms with Gasteiger partial charge >= 0.3 is 5.97 Å². The van der Waals surface area contributed by atoms with Gasteiger partial charge in [0.15, 0.2) is 0 Å². The first-order valence-electron chi connectivity index (χ1n) is 8.62. The number of nitrogens with one attached hydrogen (secondary N) is 1. The molecule has 2 rings (SSSR count). The van der Waals surface area contributed by atoms with Crippen LogP contribution in [-0.2, 0) is 22.6 Å². The van der Waals surface area contributed by atoms with Crippen LogP contribution < -0.4 is 10.1 Å². The van der Waals surface area contributed by atoms with Crippen molar-refractivity contribution in [3.05, 3.63) is 59.9 Å². The van der Waals surface area contributed by atoms with Gasteiger partial charge in [-0.05, 0) is 29.7 Å². The summed E-state index contributed by atoms with van der Waals surface area (Å²) in [5, 5.41) is 11.9. The van der Waals surface area contributed by atoms with Crippen molar-refractivity contribution in [3.8, 4) is 5.75 Å². The van der Waals surface area contributed by atoms with E-state index in [1.807, 2.05) is 44.2 Å². The number of nitrogens with zero attached hydrogens (tertiary/aromatic N) is 1. The first-order valence-corrected chi connectivity index (χ1v) is 8.62. The molecule has 0 aliphatic carbocycles. The highest BCUT2D eigenvalue weighted by Crippen LogP contribution is 2.16. The normalized spacial score (nSPS) is 12.8. The molecule has 0 aliphatic rings. The number of carbonyl (C=O) groups is 2. The van der Waals surface area contributed by atoms with Crippen molar-refractivity contribution in [1.29, 1.82) is 0 Å². The van der Waals surface area contributed by atoms with Crippen molar-refractivity contribution in [2.24, 2.45) is 5.92 Å². The van der Waals surface area contributed by atoms with E-state index in [0.29, 0.717) is 18.8 Å². The van der Waals surface area contributed by atoms with Crippen molar-refractivity contribution >= 4 is 11.9 Å². The smallest absolute Gasteiger partial charge is 0.326 e. The lowest BCUT2D eigenvalue weighted by atomic mass is 9.99. The number of pyridine rings is 1. The second-order valence-electron chi connectivity index (χ2n) is 6.24. The number of amides is 1. The Morgan fingerprint density at radius 1 is 1.23 bits per heavy atom. The summed E-state index contributed by atoms with van der Waals surface area (Å²) in [6, 6.07) is 10.1. The average molecular weight is 356 g/mol. The lowest BCUT2D eigenvalue weighted by Crippen LogP contribution is -2.45. The number of aliphatic carboxylic acids is 1. The van der Waals surface area contributed by atoms with E-state index in [-0.39, 0.29) is 18.2 Å². The van der Waals surface area contributed by atoms with Gasteiger partial charge in [-0.1, -0.05) is 38.5 Å². The third-order valence-electron chi connectivity index (χ3n) is 4.19. The number of hydrogen-bond donors (Lipinski definition) is 2. The van der Waals surface area contributed by atoms with Gasteiger partial charge in [0, 0.05) is 18.0 Å². The van der Waals surface area contributed by atoms with Crippen molar-refractivity contribution in [3.63, 3.8) is 0 Å². The standard InChI is InChI=1S/C20H24N2O4/c1-3-14(2)19(20(24)25)22-18(23)11-15-6-4-8-17(10-15)26-13-16-7-5-9-21-12-16/h4-10,12,14,19H,3,11,13H2,1-2H3,(H,22,23)(H,24,25). The SMILES string of the molecule is CCC(C)C(NC(=O)Cc1cccc(OCc2cccnc2)c1)C(=O)O. The second-order valence-corrected chi connectivity index (χ2v) is 6.24. The van der Waals surface area contributed by atoms with Crippen LogP contribution in [0.3, 0.4) is 0 Å². The fourth-order valence-corrected chi connectivity index (χ4v) is 2.49. The Morgan fingerprint density at radius 3 is 2.65 bits per heavy atom. The monoisotopic (exact) mass is 356 g/mol. The van der Waals surface area contributed by atoms with Crippen molar-refractivity contribution in [2.75, 3.05) is 0 Å². The first kappa shape index (κ1) is 19.4. The molecule has 2 N–H and O–H groups in total. The van der Waals surface area contributed by atoms with Crippen molar-refractivity contribution in [2.45, 2.75) is 39.3 Å². The molecule has 1 amide bonds. The summed E-state index contributed by atoms with van der Waals surface area (Å²) in [7, 11) is 0. The molecule has 0 saturated carbocycles. The predicted molar refractivity (Wildman–Crippen MR) is 97.7 cm³/mol. The van der Waals surface area contributed by atoms with Gasteiger partial charge in [0.05, 0.1) is 6.42 Å². The third-order valence-corrected chi connectivity index (χ3v) is 4.19. The molecule has 1 aromatic heterocycles. The van der Waals surface area contributed by atoms with E-state index in [2.05, 4.69) is 10.3 Å². The molecule has 2 aromatic rings. The van der Waals surface area contributed by atoms with Gasteiger partial charge in [0.2, 0.25) is 5.91 Å². The fraction of sp³-hybridized carbons (Fsp3) is 0.350. The molecule has 2 atom stereocenters. The minimum Gasteiger partial charge on any atom is -0.489 e. The van der Waals surface area contributed by atoms with Gasteiger partial charge in [-0.15, -0.1) is 0 Å². The number of rotatable bonds is 9. The van der Waals surface area contributed by atoms with Gasteiger partial charge in [0.1, 0.15) is 18.4 Å². The predicted octanol–water partition coefficient (Wildman–Crippen LogP) is 2.82. The van der Waals surface area contributed by atoms with E-state index in [1.165, 1.54) is 0 Å². The molecule has 138 valence electrons. The van der Waals surface area contributed by atoms with E-state index in [0.717, 1.165) is 11.1 Å². The zero-order valence-electron chi connectivity index (χ0n) is 15.0. The topological polar surface area (TPSA) is 88.5 Å². The Kier molecular flexibility index (Phi) is 7.14. The molecular weight excluding hydrogens is 332 g/mol. The summed E-state index contributed by atoms with van der Waals surface area (Å²) in [6.45, 7) is 4.10. The molecule has 6 heteroatoms. The number of aromatic nitrogens is 1. The van der Waals surface area contributed by atoms with Gasteiger partial charge in [-0.3, -0.25) is 9.78 Å². The first-order chi connectivity index (χ1) is 12.5. The molecular formula is C20H24N2O4. The molecule has 0 bridgehead atoms. The molecule has 0 fully saturated rings. The molecule has 1 aromatic carbocycles. The summed E-state index contributed by atoms with van der Waals surface area (Å²) in [5.41, 5.74) is 1.72. The van der Waals surface area contributed by atoms with E-state index >= 15 is 0 Å². The van der Waals surface area contributed by atoms with E-state index in [9.17, 15) is 14.7 Å². The van der Waals surface area contributed by atoms with Gasteiger partial charge < -0.3 is 15.2 Å². The highest BCUT2D eigenvalue weighted by molar-refractivity contribution is 5.85. The number of benzene rings is 1. The maximum atomic E-state index is 12.2. The number of carboxylic acid groups (broad SMARTS) is 1. The number of carbonyl (C=O) groups excluding carboxylic acids is 1. The maximum absolute atomic E-state index is 12.2. The molecule has 0 radical (unpaired) electrons. The van der Waals surface area contributed by atoms with Crippen molar-refractivity contribution < 1.29 is 19.4 Å². The fourth-order valence-electron chi connectivity index (χ4n) is 2.49. The Morgan fingerprint density at radius 2 is 2.00 bits per heavy atom. The van der Waals surface area contributed by atoms with Gasteiger partial charge in [-0.25, -0.2) is 4.79 Å². The molecule has 6 nitrogen and oxygen atoms in total. The zero-order chi connectivity index (χ0) is 18.9. The maximum Gasteiger partial charge on any atom is 0.326 e. The lowest BCUT2D eigenvalue weighted by Gasteiger charge is -2.20. The zero-order valence-corrected chi connectivity index (χ0v) is 15.0. The Balaban J connectivity index is 1.94. The highest BCUT2D eigenvalue weighted by atomic mass is 16.5. The van der Waals surface area contributed by atoms with Crippen LogP contribution in [0.25, 0.3) is 0 Å². The quantitative estimate of drug-likeness (QED) is 0.721. The molecule has 1 heterocycles. The summed E-state index contributed by atoms with van der Waals surface area (Å²) >= 11 is 0. The molecule has 0 spiro atoms. The summed E-state index contributed by atoms with van der Waals surface area (Å²) in [4.78, 5) is 27.6. The van der Waals surface area contributed by atoms with Crippen LogP contribution in [0.5, 0.6) is 5.75 Å². The van der Waals surface area contributed by atoms with E-state index < -0.39 is 12.0 Å². The Bertz CT molecular complexity index is 734. The number of carboxylic acids is 1. The lowest BCUT2D eigenvalue weighted by molar-refractivity contribution is -0.143. The van der Waals surface area contributed by atoms with Crippen LogP contribution in [0.1, 0.15) is 31.4 Å². The average Bonchev–Trinajstić information content (AvgIpc) is 2.65. The highest BCUT2D eigenvalue weighted by Gasteiger charge is 2.25. The summed E-state index contributed by atoms with van der Waals surface area (Å²) < 4.78 is 5.72. The molecule has 2 unspecified atom stereocenters. The van der Waals surface area contributed by atoms with E-state index in [4.69, 9.17) is 4.74 Å². The molecule has 26 heavy (non-hydrogen) atoms. The number of hydrogen-bond acceptors (Lipinski definition) is 4. The Hall–Kier alpha value is -2.89. The van der Waals surface area contributed by atoms with E-state index in [1.54, 1.807) is 18.5 Å². The van der Waals surface area contributed by atoms with Crippen molar-refractivity contribution in [1.82, 2.24) is 10.3 Å². The summed E-state index contributed by atoms with van der Waals surface area (Å²) in [5.74, 6) is -0.815. The third kappa shape index (κ3) is 5.88. The van der Waals surface area contributed by atoms with Crippen LogP contribution in [0.2, 0.25) is 0 Å². The second kappa shape index (κ2) is 9.56. The molecule has 0 saturated heterocycles. The van der Waals surface area contributed by atoms with Gasteiger partial charge in [-0.2, -0.15) is 0 Å². The van der Waals surface area contributed by atoms with Gasteiger partial charge in [0.25, 0.3) is 0 Å².